The monoisotopic (exact) mass is 234 g/mol. The van der Waals surface area contributed by atoms with Gasteiger partial charge in [-0.05, 0) is 23.9 Å². The van der Waals surface area contributed by atoms with Gasteiger partial charge in [0.1, 0.15) is 6.04 Å². The zero-order chi connectivity index (χ0) is 11.5. The predicted octanol–water partition coefficient (Wildman–Crippen LogP) is 2.40. The molecular formula is C10H10N4OS. The summed E-state index contributed by atoms with van der Waals surface area (Å²) in [6.07, 6.45) is 1.90. The summed E-state index contributed by atoms with van der Waals surface area (Å²) in [5.41, 5.74) is 9.21. The maximum absolute atomic E-state index is 11.8. The summed E-state index contributed by atoms with van der Waals surface area (Å²) in [5, 5.41) is 3.42. The van der Waals surface area contributed by atoms with Crippen LogP contribution in [0.25, 0.3) is 10.4 Å². The van der Waals surface area contributed by atoms with Gasteiger partial charge in [-0.1, -0.05) is 23.3 Å². The molecule has 1 aromatic rings. The van der Waals surface area contributed by atoms with E-state index in [9.17, 15) is 4.79 Å². The van der Waals surface area contributed by atoms with Crippen LogP contribution in [0.3, 0.4) is 0 Å². The predicted molar refractivity (Wildman–Crippen MR) is 64.2 cm³/mol. The van der Waals surface area contributed by atoms with Gasteiger partial charge < -0.3 is 0 Å². The summed E-state index contributed by atoms with van der Waals surface area (Å²) in [7, 11) is 0. The van der Waals surface area contributed by atoms with Gasteiger partial charge in [0, 0.05) is 10.6 Å². The van der Waals surface area contributed by atoms with Crippen LogP contribution in [0.4, 0.5) is 5.69 Å². The van der Waals surface area contributed by atoms with Gasteiger partial charge in [-0.25, -0.2) is 0 Å². The molecule has 6 heteroatoms. The second kappa shape index (κ2) is 4.47. The van der Waals surface area contributed by atoms with E-state index < -0.39 is 6.04 Å². The molecule has 82 valence electrons. The largest absolute Gasteiger partial charge is 0.299 e. The highest BCUT2D eigenvalue weighted by Crippen LogP contribution is 2.35. The Bertz CT molecular complexity index is 443. The molecule has 1 aliphatic rings. The molecule has 1 aromatic carbocycles. The Labute approximate surface area is 97.1 Å². The van der Waals surface area contributed by atoms with Crippen molar-refractivity contribution in [1.29, 1.82) is 0 Å². The van der Waals surface area contributed by atoms with Crippen molar-refractivity contribution in [3.8, 4) is 0 Å². The Morgan fingerprint density at radius 2 is 2.12 bits per heavy atom. The van der Waals surface area contributed by atoms with Gasteiger partial charge in [0.25, 0.3) is 0 Å². The molecule has 1 saturated heterocycles. The van der Waals surface area contributed by atoms with Crippen LogP contribution in [0, 0.1) is 0 Å². The third kappa shape index (κ3) is 1.62. The molecule has 1 amide bonds. The molecule has 1 aliphatic heterocycles. The average Bonchev–Trinajstić information content (AvgIpc) is 2.33. The van der Waals surface area contributed by atoms with Crippen molar-refractivity contribution in [2.45, 2.75) is 11.4 Å². The number of benzene rings is 1. The lowest BCUT2D eigenvalue weighted by atomic mass is 10.1. The first-order valence-corrected chi connectivity index (χ1v) is 6.03. The second-order valence-corrected chi connectivity index (χ2v) is 4.27. The van der Waals surface area contributed by atoms with Crippen LogP contribution in [-0.4, -0.2) is 23.6 Å². The fourth-order valence-electron chi connectivity index (χ4n) is 1.71. The Kier molecular flexibility index (Phi) is 3.03. The lowest BCUT2D eigenvalue weighted by molar-refractivity contribution is -0.124. The summed E-state index contributed by atoms with van der Waals surface area (Å²) in [6, 6.07) is 8.82. The third-order valence-electron chi connectivity index (χ3n) is 2.47. The number of β-lactam (4-membered cyclic amide) rings is 1. The van der Waals surface area contributed by atoms with E-state index >= 15 is 0 Å². The Balaban J connectivity index is 2.25. The highest BCUT2D eigenvalue weighted by Gasteiger charge is 2.47. The lowest BCUT2D eigenvalue weighted by Gasteiger charge is -2.44. The van der Waals surface area contributed by atoms with Crippen molar-refractivity contribution >= 4 is 23.4 Å². The van der Waals surface area contributed by atoms with Crippen molar-refractivity contribution < 1.29 is 4.79 Å². The summed E-state index contributed by atoms with van der Waals surface area (Å²) in [5.74, 6) is -0.136. The molecule has 1 heterocycles. The molecule has 0 bridgehead atoms. The summed E-state index contributed by atoms with van der Waals surface area (Å²) >= 11 is 1.51. The molecule has 16 heavy (non-hydrogen) atoms. The maximum atomic E-state index is 11.8. The lowest BCUT2D eigenvalue weighted by Crippen LogP contribution is -2.62. The van der Waals surface area contributed by atoms with E-state index in [4.69, 9.17) is 5.53 Å². The van der Waals surface area contributed by atoms with Gasteiger partial charge in [-0.3, -0.25) is 9.69 Å². The molecule has 0 radical (unpaired) electrons. The van der Waals surface area contributed by atoms with Gasteiger partial charge in [-0.2, -0.15) is 0 Å². The first kappa shape index (κ1) is 10.9. The molecule has 5 nitrogen and oxygen atoms in total. The minimum atomic E-state index is -0.569. The van der Waals surface area contributed by atoms with Crippen LogP contribution in [0.15, 0.2) is 35.4 Å². The molecule has 0 aromatic heterocycles. The SMILES string of the molecule is CS[C@H]1[C@@H](N=[N+]=[N-])C(=O)N1c1ccccc1. The van der Waals surface area contributed by atoms with Crippen LogP contribution in [0.5, 0.6) is 0 Å². The number of anilines is 1. The normalized spacial score (nSPS) is 23.6. The van der Waals surface area contributed by atoms with E-state index in [1.807, 2.05) is 36.6 Å². The van der Waals surface area contributed by atoms with E-state index in [0.717, 1.165) is 5.69 Å². The quantitative estimate of drug-likeness (QED) is 0.349. The van der Waals surface area contributed by atoms with Crippen molar-refractivity contribution in [2.75, 3.05) is 11.2 Å². The van der Waals surface area contributed by atoms with Crippen LogP contribution in [-0.2, 0) is 4.79 Å². The summed E-state index contributed by atoms with van der Waals surface area (Å²) in [4.78, 5) is 16.1. The van der Waals surface area contributed by atoms with Gasteiger partial charge in [0.2, 0.25) is 5.91 Å². The number of amides is 1. The van der Waals surface area contributed by atoms with Crippen LogP contribution < -0.4 is 4.90 Å². The minimum Gasteiger partial charge on any atom is -0.299 e. The zero-order valence-electron chi connectivity index (χ0n) is 8.65. The summed E-state index contributed by atoms with van der Waals surface area (Å²) in [6.45, 7) is 0. The second-order valence-electron chi connectivity index (χ2n) is 3.32. The summed E-state index contributed by atoms with van der Waals surface area (Å²) < 4.78 is 0. The van der Waals surface area contributed by atoms with Crippen LogP contribution in [0.2, 0.25) is 0 Å². The highest BCUT2D eigenvalue weighted by molar-refractivity contribution is 7.99. The number of rotatable bonds is 3. The molecule has 1 fully saturated rings. The van der Waals surface area contributed by atoms with E-state index in [-0.39, 0.29) is 11.3 Å². The highest BCUT2D eigenvalue weighted by atomic mass is 32.2. The standard InChI is InChI=1S/C10H10N4OS/c1-16-10-8(12-13-11)9(15)14(10)7-5-3-2-4-6-7/h2-6,8,10H,1H3/t8-,10-/m0/s1. The van der Waals surface area contributed by atoms with Crippen molar-refractivity contribution in [3.05, 3.63) is 40.8 Å². The molecule has 0 aliphatic carbocycles. The first-order chi connectivity index (χ1) is 7.79. The molecular weight excluding hydrogens is 224 g/mol. The number of thioether (sulfide) groups is 1. The van der Waals surface area contributed by atoms with Gasteiger partial charge >= 0.3 is 0 Å². The molecule has 2 atom stereocenters. The molecule has 0 spiro atoms. The van der Waals surface area contributed by atoms with Crippen molar-refractivity contribution in [3.63, 3.8) is 0 Å². The van der Waals surface area contributed by atoms with Crippen LogP contribution in [0.1, 0.15) is 0 Å². The fourth-order valence-corrected chi connectivity index (χ4v) is 2.57. The number of hydrogen-bond acceptors (Lipinski definition) is 3. The van der Waals surface area contributed by atoms with Gasteiger partial charge in [-0.15, -0.1) is 11.8 Å². The molecule has 0 N–H and O–H groups in total. The van der Waals surface area contributed by atoms with Gasteiger partial charge in [0.15, 0.2) is 0 Å². The zero-order valence-corrected chi connectivity index (χ0v) is 9.46. The Hall–Kier alpha value is -1.65. The van der Waals surface area contributed by atoms with Crippen LogP contribution >= 0.6 is 11.8 Å². The third-order valence-corrected chi connectivity index (χ3v) is 3.42. The number of carbonyl (C=O) groups is 1. The topological polar surface area (TPSA) is 69.1 Å². The Morgan fingerprint density at radius 3 is 2.69 bits per heavy atom. The van der Waals surface area contributed by atoms with E-state index in [2.05, 4.69) is 10.0 Å². The molecule has 0 saturated carbocycles. The minimum absolute atomic E-state index is 0.0919. The number of para-hydroxylation sites is 1. The molecule has 0 unspecified atom stereocenters. The van der Waals surface area contributed by atoms with Crippen molar-refractivity contribution in [2.24, 2.45) is 5.11 Å². The van der Waals surface area contributed by atoms with Gasteiger partial charge in [0.05, 0.1) is 5.37 Å². The number of carbonyl (C=O) groups excluding carboxylic acids is 1. The van der Waals surface area contributed by atoms with Crippen molar-refractivity contribution in [1.82, 2.24) is 0 Å². The fraction of sp³-hybridized carbons (Fsp3) is 0.300. The first-order valence-electron chi connectivity index (χ1n) is 4.74. The van der Waals surface area contributed by atoms with E-state index in [1.54, 1.807) is 4.90 Å². The number of azide groups is 1. The van der Waals surface area contributed by atoms with E-state index in [0.29, 0.717) is 0 Å². The Morgan fingerprint density at radius 1 is 1.44 bits per heavy atom. The number of hydrogen-bond donors (Lipinski definition) is 0. The van der Waals surface area contributed by atoms with E-state index in [1.165, 1.54) is 11.8 Å². The smallest absolute Gasteiger partial charge is 0.240 e. The number of nitrogens with zero attached hydrogens (tertiary/aromatic N) is 4. The maximum Gasteiger partial charge on any atom is 0.240 e. The molecule has 2 rings (SSSR count). The average molecular weight is 234 g/mol.